The number of carboxylic acids is 1. The monoisotopic (exact) mass is 360 g/mol. The van der Waals surface area contributed by atoms with Gasteiger partial charge in [0.15, 0.2) is 0 Å². The zero-order valence-corrected chi connectivity index (χ0v) is 15.1. The molecule has 1 aliphatic heterocycles. The van der Waals surface area contributed by atoms with E-state index in [1.807, 2.05) is 24.5 Å². The van der Waals surface area contributed by atoms with Crippen molar-refractivity contribution in [1.29, 1.82) is 0 Å². The van der Waals surface area contributed by atoms with Crippen molar-refractivity contribution in [2.45, 2.75) is 38.1 Å². The van der Waals surface area contributed by atoms with Crippen LogP contribution in [0.1, 0.15) is 32.1 Å². The maximum atomic E-state index is 12.2. The Labute approximate surface area is 154 Å². The van der Waals surface area contributed by atoms with Gasteiger partial charge in [-0.15, -0.1) is 0 Å². The Morgan fingerprint density at radius 2 is 1.73 bits per heavy atom. The fourth-order valence-electron chi connectivity index (χ4n) is 3.83. The van der Waals surface area contributed by atoms with E-state index in [2.05, 4.69) is 20.1 Å². The minimum atomic E-state index is -0.708. The van der Waals surface area contributed by atoms with Gasteiger partial charge < -0.3 is 15.3 Å². The quantitative estimate of drug-likeness (QED) is 0.797. The zero-order valence-electron chi connectivity index (χ0n) is 15.1. The van der Waals surface area contributed by atoms with E-state index < -0.39 is 5.97 Å². The highest BCUT2D eigenvalue weighted by atomic mass is 16.4. The highest BCUT2D eigenvalue weighted by molar-refractivity contribution is 5.76. The molecule has 0 spiro atoms. The van der Waals surface area contributed by atoms with Crippen LogP contribution in [0.15, 0.2) is 24.5 Å². The Hall–Kier alpha value is -2.15. The number of aliphatic carboxylic acids is 1. The highest BCUT2D eigenvalue weighted by Gasteiger charge is 2.26. The molecule has 7 heteroatoms. The highest BCUT2D eigenvalue weighted by Crippen LogP contribution is 2.24. The number of hydrogen-bond donors (Lipinski definition) is 2. The van der Waals surface area contributed by atoms with Crippen LogP contribution in [-0.4, -0.2) is 65.6 Å². The van der Waals surface area contributed by atoms with Gasteiger partial charge in [-0.1, -0.05) is 0 Å². The van der Waals surface area contributed by atoms with Crippen molar-refractivity contribution in [2.24, 2.45) is 5.92 Å². The Kier molecular flexibility index (Phi) is 6.44. The molecule has 3 rings (SSSR count). The van der Waals surface area contributed by atoms with Crippen molar-refractivity contribution >= 4 is 17.6 Å². The lowest BCUT2D eigenvalue weighted by Gasteiger charge is -2.36. The molecule has 1 aromatic rings. The second kappa shape index (κ2) is 8.98. The summed E-state index contributed by atoms with van der Waals surface area (Å²) in [7, 11) is 0. The summed E-state index contributed by atoms with van der Waals surface area (Å²) in [6.07, 6.45) is 7.01. The van der Waals surface area contributed by atoms with Crippen LogP contribution in [0.4, 0.5) is 5.69 Å². The predicted molar refractivity (Wildman–Crippen MR) is 99.0 cm³/mol. The second-order valence-electron chi connectivity index (χ2n) is 7.24. The molecule has 2 N–H and O–H groups in total. The van der Waals surface area contributed by atoms with Crippen LogP contribution >= 0.6 is 0 Å². The third-order valence-electron chi connectivity index (χ3n) is 5.50. The molecule has 2 heterocycles. The normalized spacial score (nSPS) is 24.2. The van der Waals surface area contributed by atoms with Crippen LogP contribution in [0.2, 0.25) is 0 Å². The third kappa shape index (κ3) is 5.17. The Balaban J connectivity index is 1.32. The number of piperazine rings is 1. The van der Waals surface area contributed by atoms with Gasteiger partial charge in [-0.3, -0.25) is 19.5 Å². The fourth-order valence-corrected chi connectivity index (χ4v) is 3.83. The average molecular weight is 360 g/mol. The van der Waals surface area contributed by atoms with Gasteiger partial charge in [-0.05, 0) is 37.8 Å². The van der Waals surface area contributed by atoms with Crippen molar-refractivity contribution < 1.29 is 14.7 Å². The van der Waals surface area contributed by atoms with Gasteiger partial charge in [-0.2, -0.15) is 0 Å². The lowest BCUT2D eigenvalue weighted by molar-refractivity contribution is -0.142. The maximum absolute atomic E-state index is 12.2. The van der Waals surface area contributed by atoms with Gasteiger partial charge in [0.1, 0.15) is 0 Å². The first kappa shape index (κ1) is 18.6. The minimum Gasteiger partial charge on any atom is -0.481 e. The number of rotatable bonds is 6. The fraction of sp³-hybridized carbons (Fsp3) is 0.632. The second-order valence-corrected chi connectivity index (χ2v) is 7.24. The predicted octanol–water partition coefficient (Wildman–Crippen LogP) is 1.35. The smallest absolute Gasteiger partial charge is 0.306 e. The van der Waals surface area contributed by atoms with E-state index in [0.717, 1.165) is 45.6 Å². The number of aromatic nitrogens is 1. The van der Waals surface area contributed by atoms with Crippen molar-refractivity contribution in [1.82, 2.24) is 15.2 Å². The number of anilines is 1. The van der Waals surface area contributed by atoms with E-state index in [1.54, 1.807) is 0 Å². The molecular formula is C19H28N4O3. The van der Waals surface area contributed by atoms with Crippen LogP contribution in [-0.2, 0) is 9.59 Å². The molecule has 0 aromatic carbocycles. The molecular weight excluding hydrogens is 332 g/mol. The SMILES string of the molecule is O=C(CCN1CCN(c2ccncc2)CC1)NC1CCC(C(=O)O)CC1. The molecule has 1 aliphatic carbocycles. The number of hydrogen-bond acceptors (Lipinski definition) is 5. The first-order valence-electron chi connectivity index (χ1n) is 9.51. The van der Waals surface area contributed by atoms with Gasteiger partial charge in [-0.25, -0.2) is 0 Å². The number of amides is 1. The molecule has 1 saturated heterocycles. The Morgan fingerprint density at radius 3 is 2.35 bits per heavy atom. The molecule has 0 radical (unpaired) electrons. The van der Waals surface area contributed by atoms with Crippen molar-refractivity contribution in [2.75, 3.05) is 37.6 Å². The standard InChI is InChI=1S/C19H28N4O3/c24-18(21-16-3-1-15(2-4-16)19(25)26)7-10-22-11-13-23(14-12-22)17-5-8-20-9-6-17/h5-6,8-9,15-16H,1-4,7,10-14H2,(H,21,24)(H,25,26). The summed E-state index contributed by atoms with van der Waals surface area (Å²) in [6.45, 7) is 4.62. The van der Waals surface area contributed by atoms with Gasteiger partial charge in [0.2, 0.25) is 5.91 Å². The maximum Gasteiger partial charge on any atom is 0.306 e. The molecule has 0 bridgehead atoms. The molecule has 2 fully saturated rings. The van der Waals surface area contributed by atoms with E-state index in [9.17, 15) is 9.59 Å². The van der Waals surface area contributed by atoms with E-state index in [4.69, 9.17) is 5.11 Å². The molecule has 0 atom stereocenters. The van der Waals surface area contributed by atoms with Crippen LogP contribution < -0.4 is 10.2 Å². The summed E-state index contributed by atoms with van der Waals surface area (Å²) in [6, 6.07) is 4.20. The Morgan fingerprint density at radius 1 is 1.08 bits per heavy atom. The summed E-state index contributed by atoms with van der Waals surface area (Å²) in [4.78, 5) is 31.9. The third-order valence-corrected chi connectivity index (χ3v) is 5.50. The van der Waals surface area contributed by atoms with Crippen LogP contribution in [0.3, 0.4) is 0 Å². The number of nitrogens with one attached hydrogen (secondary N) is 1. The molecule has 1 saturated carbocycles. The Bertz CT molecular complexity index is 594. The average Bonchev–Trinajstić information content (AvgIpc) is 2.68. The zero-order chi connectivity index (χ0) is 18.4. The number of carboxylic acid groups (broad SMARTS) is 1. The number of carbonyl (C=O) groups is 2. The molecule has 0 unspecified atom stereocenters. The summed E-state index contributed by atoms with van der Waals surface area (Å²) < 4.78 is 0. The molecule has 26 heavy (non-hydrogen) atoms. The number of carbonyl (C=O) groups excluding carboxylic acids is 1. The lowest BCUT2D eigenvalue weighted by Crippen LogP contribution is -2.47. The van der Waals surface area contributed by atoms with E-state index >= 15 is 0 Å². The first-order valence-corrected chi connectivity index (χ1v) is 9.51. The van der Waals surface area contributed by atoms with Crippen molar-refractivity contribution in [3.8, 4) is 0 Å². The first-order chi connectivity index (χ1) is 12.6. The van der Waals surface area contributed by atoms with Crippen LogP contribution in [0.25, 0.3) is 0 Å². The van der Waals surface area contributed by atoms with Crippen molar-refractivity contribution in [3.63, 3.8) is 0 Å². The molecule has 1 amide bonds. The molecule has 2 aliphatic rings. The largest absolute Gasteiger partial charge is 0.481 e. The van der Waals surface area contributed by atoms with E-state index in [1.165, 1.54) is 5.69 Å². The molecule has 142 valence electrons. The van der Waals surface area contributed by atoms with Gasteiger partial charge in [0, 0.05) is 63.3 Å². The summed E-state index contributed by atoms with van der Waals surface area (Å²) >= 11 is 0. The number of pyridine rings is 1. The van der Waals surface area contributed by atoms with E-state index in [0.29, 0.717) is 19.3 Å². The molecule has 7 nitrogen and oxygen atoms in total. The van der Waals surface area contributed by atoms with Crippen LogP contribution in [0, 0.1) is 5.92 Å². The lowest BCUT2D eigenvalue weighted by atomic mass is 9.86. The summed E-state index contributed by atoms with van der Waals surface area (Å²) in [5.41, 5.74) is 1.20. The summed E-state index contributed by atoms with van der Waals surface area (Å²) in [5.74, 6) is -0.860. The molecule has 1 aromatic heterocycles. The van der Waals surface area contributed by atoms with Crippen LogP contribution in [0.5, 0.6) is 0 Å². The summed E-state index contributed by atoms with van der Waals surface area (Å²) in [5, 5.41) is 12.1. The van der Waals surface area contributed by atoms with Gasteiger partial charge >= 0.3 is 5.97 Å². The van der Waals surface area contributed by atoms with Gasteiger partial charge in [0.25, 0.3) is 0 Å². The minimum absolute atomic E-state index is 0.0836. The van der Waals surface area contributed by atoms with Crippen molar-refractivity contribution in [3.05, 3.63) is 24.5 Å². The van der Waals surface area contributed by atoms with Gasteiger partial charge in [0.05, 0.1) is 5.92 Å². The number of nitrogens with zero attached hydrogens (tertiary/aromatic N) is 3. The topological polar surface area (TPSA) is 85.8 Å². The van der Waals surface area contributed by atoms with E-state index in [-0.39, 0.29) is 17.9 Å².